The standard InChI is InChI=1S/C12H8N6O/c13-6-5-12(19)16-9-3-1-2-4-10(9)18-8-15-11(7-14)17-18/h1-4,8H,5H2,(H,16,19). The number of para-hydroxylation sites is 2. The number of nitrogens with one attached hydrogen (secondary N) is 1. The predicted octanol–water partition coefficient (Wildman–Crippen LogP) is 0.991. The van der Waals surface area contributed by atoms with E-state index in [0.29, 0.717) is 11.4 Å². The van der Waals surface area contributed by atoms with Crippen LogP contribution in [0.3, 0.4) is 0 Å². The third-order valence-electron chi connectivity index (χ3n) is 2.26. The smallest absolute Gasteiger partial charge is 0.252 e. The molecule has 7 heteroatoms. The summed E-state index contributed by atoms with van der Waals surface area (Å²) >= 11 is 0. The van der Waals surface area contributed by atoms with Crippen LogP contribution in [-0.2, 0) is 4.79 Å². The monoisotopic (exact) mass is 252 g/mol. The third-order valence-corrected chi connectivity index (χ3v) is 2.26. The Bertz CT molecular complexity index is 691. The van der Waals surface area contributed by atoms with Crippen molar-refractivity contribution in [2.75, 3.05) is 5.32 Å². The molecule has 0 fully saturated rings. The Morgan fingerprint density at radius 3 is 2.84 bits per heavy atom. The average Bonchev–Trinajstić information content (AvgIpc) is 2.88. The molecule has 7 nitrogen and oxygen atoms in total. The highest BCUT2D eigenvalue weighted by Crippen LogP contribution is 2.19. The highest BCUT2D eigenvalue weighted by molar-refractivity contribution is 5.93. The summed E-state index contributed by atoms with van der Waals surface area (Å²) in [7, 11) is 0. The highest BCUT2D eigenvalue weighted by Gasteiger charge is 2.09. The number of nitriles is 2. The minimum Gasteiger partial charge on any atom is -0.323 e. The van der Waals surface area contributed by atoms with Crippen molar-refractivity contribution < 1.29 is 4.79 Å². The van der Waals surface area contributed by atoms with Crippen LogP contribution in [0.1, 0.15) is 12.2 Å². The molecule has 0 bridgehead atoms. The number of nitrogens with zero attached hydrogens (tertiary/aromatic N) is 5. The Morgan fingerprint density at radius 1 is 1.37 bits per heavy atom. The third kappa shape index (κ3) is 2.73. The predicted molar refractivity (Wildman–Crippen MR) is 64.9 cm³/mol. The topological polar surface area (TPSA) is 107 Å². The van der Waals surface area contributed by atoms with Gasteiger partial charge in [-0.15, -0.1) is 5.10 Å². The number of amides is 1. The summed E-state index contributed by atoms with van der Waals surface area (Å²) in [5.74, 6) is -0.367. The molecule has 0 atom stereocenters. The van der Waals surface area contributed by atoms with Gasteiger partial charge in [-0.05, 0) is 12.1 Å². The largest absolute Gasteiger partial charge is 0.323 e. The van der Waals surface area contributed by atoms with Crippen LogP contribution in [0.15, 0.2) is 30.6 Å². The molecule has 2 rings (SSSR count). The van der Waals surface area contributed by atoms with Crippen LogP contribution in [0.5, 0.6) is 0 Å². The van der Waals surface area contributed by atoms with Crippen LogP contribution in [0.25, 0.3) is 5.69 Å². The Hall–Kier alpha value is -3.19. The molecule has 0 radical (unpaired) electrons. The Kier molecular flexibility index (Phi) is 3.51. The maximum Gasteiger partial charge on any atom is 0.252 e. The van der Waals surface area contributed by atoms with Gasteiger partial charge in [0.1, 0.15) is 18.8 Å². The van der Waals surface area contributed by atoms with Crippen LogP contribution < -0.4 is 5.32 Å². The second-order valence-electron chi connectivity index (χ2n) is 3.52. The maximum absolute atomic E-state index is 11.4. The van der Waals surface area contributed by atoms with Gasteiger partial charge < -0.3 is 5.32 Å². The summed E-state index contributed by atoms with van der Waals surface area (Å²) in [6.07, 6.45) is 1.16. The van der Waals surface area contributed by atoms with E-state index < -0.39 is 5.91 Å². The molecule has 1 amide bonds. The van der Waals surface area contributed by atoms with E-state index in [1.807, 2.05) is 6.07 Å². The van der Waals surface area contributed by atoms with Crippen LogP contribution in [0.2, 0.25) is 0 Å². The lowest BCUT2D eigenvalue weighted by Crippen LogP contribution is -2.12. The van der Waals surface area contributed by atoms with Gasteiger partial charge in [0, 0.05) is 0 Å². The number of rotatable bonds is 3. The average molecular weight is 252 g/mol. The molecule has 2 aromatic rings. The van der Waals surface area contributed by atoms with Gasteiger partial charge in [-0.3, -0.25) is 4.79 Å². The molecule has 1 aromatic carbocycles. The lowest BCUT2D eigenvalue weighted by atomic mass is 10.2. The molecular formula is C12H8N6O. The molecule has 19 heavy (non-hydrogen) atoms. The summed E-state index contributed by atoms with van der Waals surface area (Å²) in [6, 6.07) is 10.5. The molecule has 0 spiro atoms. The molecular weight excluding hydrogens is 244 g/mol. The molecule has 92 valence electrons. The molecule has 0 saturated heterocycles. The number of anilines is 1. The zero-order chi connectivity index (χ0) is 13.7. The van der Waals surface area contributed by atoms with E-state index >= 15 is 0 Å². The van der Waals surface area contributed by atoms with Crippen molar-refractivity contribution >= 4 is 11.6 Å². The summed E-state index contributed by atoms with van der Waals surface area (Å²) in [5, 5.41) is 23.7. The van der Waals surface area contributed by atoms with Crippen LogP contribution in [-0.4, -0.2) is 20.7 Å². The van der Waals surface area contributed by atoms with E-state index in [4.69, 9.17) is 10.5 Å². The fourth-order valence-corrected chi connectivity index (χ4v) is 1.48. The molecule has 0 aliphatic rings. The van der Waals surface area contributed by atoms with Crippen molar-refractivity contribution in [3.05, 3.63) is 36.4 Å². The van der Waals surface area contributed by atoms with Gasteiger partial charge in [0.2, 0.25) is 5.91 Å². The van der Waals surface area contributed by atoms with Gasteiger partial charge >= 0.3 is 0 Å². The minimum absolute atomic E-state index is 0.0400. The minimum atomic E-state index is -0.407. The van der Waals surface area contributed by atoms with Crippen LogP contribution in [0.4, 0.5) is 5.69 Å². The summed E-state index contributed by atoms with van der Waals surface area (Å²) < 4.78 is 1.39. The van der Waals surface area contributed by atoms with E-state index in [2.05, 4.69) is 15.4 Å². The first-order chi connectivity index (χ1) is 9.24. The molecule has 0 aliphatic heterocycles. The van der Waals surface area contributed by atoms with Gasteiger partial charge in [0.05, 0.1) is 17.4 Å². The van der Waals surface area contributed by atoms with Crippen molar-refractivity contribution in [1.82, 2.24) is 14.8 Å². The number of hydrogen-bond acceptors (Lipinski definition) is 5. The molecule has 1 heterocycles. The number of carbonyl (C=O) groups excluding carboxylic acids is 1. The van der Waals surface area contributed by atoms with Gasteiger partial charge in [-0.2, -0.15) is 10.5 Å². The quantitative estimate of drug-likeness (QED) is 0.876. The van der Waals surface area contributed by atoms with E-state index in [-0.39, 0.29) is 12.2 Å². The second kappa shape index (κ2) is 5.43. The van der Waals surface area contributed by atoms with Gasteiger partial charge in [-0.25, -0.2) is 9.67 Å². The fourth-order valence-electron chi connectivity index (χ4n) is 1.48. The summed E-state index contributed by atoms with van der Waals surface area (Å²) in [5.41, 5.74) is 1.07. The number of hydrogen-bond donors (Lipinski definition) is 1. The van der Waals surface area contributed by atoms with Crippen molar-refractivity contribution in [2.45, 2.75) is 6.42 Å². The maximum atomic E-state index is 11.4. The summed E-state index contributed by atoms with van der Waals surface area (Å²) in [4.78, 5) is 15.2. The van der Waals surface area contributed by atoms with Crippen molar-refractivity contribution in [2.24, 2.45) is 0 Å². The fraction of sp³-hybridized carbons (Fsp3) is 0.0833. The highest BCUT2D eigenvalue weighted by atomic mass is 16.1. The first-order valence-corrected chi connectivity index (χ1v) is 5.32. The normalized spacial score (nSPS) is 9.37. The number of benzene rings is 1. The number of carbonyl (C=O) groups is 1. The second-order valence-corrected chi connectivity index (χ2v) is 3.52. The first-order valence-electron chi connectivity index (χ1n) is 5.32. The van der Waals surface area contributed by atoms with E-state index in [1.54, 1.807) is 30.3 Å². The molecule has 0 aliphatic carbocycles. The van der Waals surface area contributed by atoms with E-state index in [0.717, 1.165) is 0 Å². The van der Waals surface area contributed by atoms with Gasteiger partial charge in [0.25, 0.3) is 5.82 Å². The molecule has 0 unspecified atom stereocenters. The van der Waals surface area contributed by atoms with Crippen molar-refractivity contribution in [3.8, 4) is 17.8 Å². The molecule has 1 aromatic heterocycles. The molecule has 1 N–H and O–H groups in total. The van der Waals surface area contributed by atoms with E-state index in [1.165, 1.54) is 11.0 Å². The molecule has 0 saturated carbocycles. The van der Waals surface area contributed by atoms with Crippen LogP contribution >= 0.6 is 0 Å². The zero-order valence-electron chi connectivity index (χ0n) is 9.74. The lowest BCUT2D eigenvalue weighted by Gasteiger charge is -2.09. The first kappa shape index (κ1) is 12.3. The van der Waals surface area contributed by atoms with Gasteiger partial charge in [-0.1, -0.05) is 12.1 Å². The SMILES string of the molecule is N#CCC(=O)Nc1ccccc1-n1cnc(C#N)n1. The zero-order valence-corrected chi connectivity index (χ0v) is 9.74. The Balaban J connectivity index is 2.34. The van der Waals surface area contributed by atoms with Gasteiger partial charge in [0.15, 0.2) is 0 Å². The Labute approximate surface area is 108 Å². The van der Waals surface area contributed by atoms with Crippen molar-refractivity contribution in [3.63, 3.8) is 0 Å². The summed E-state index contributed by atoms with van der Waals surface area (Å²) in [6.45, 7) is 0. The Morgan fingerprint density at radius 2 is 2.16 bits per heavy atom. The van der Waals surface area contributed by atoms with E-state index in [9.17, 15) is 4.79 Å². The number of aromatic nitrogens is 3. The lowest BCUT2D eigenvalue weighted by molar-refractivity contribution is -0.115. The van der Waals surface area contributed by atoms with Crippen molar-refractivity contribution in [1.29, 1.82) is 10.5 Å². The van der Waals surface area contributed by atoms with Crippen LogP contribution in [0, 0.1) is 22.7 Å².